The van der Waals surface area contributed by atoms with Crippen LogP contribution in [0.15, 0.2) is 67.0 Å². The van der Waals surface area contributed by atoms with Gasteiger partial charge in [0, 0.05) is 30.0 Å². The van der Waals surface area contributed by atoms with Gasteiger partial charge in [-0.1, -0.05) is 24.3 Å². The third-order valence-electron chi connectivity index (χ3n) is 7.89. The number of hydrogen-bond acceptors (Lipinski definition) is 7. The van der Waals surface area contributed by atoms with Crippen molar-refractivity contribution in [1.29, 1.82) is 0 Å². The maximum absolute atomic E-state index is 15.6. The van der Waals surface area contributed by atoms with Gasteiger partial charge < -0.3 is 15.7 Å². The highest BCUT2D eigenvalue weighted by Crippen LogP contribution is 2.32. The van der Waals surface area contributed by atoms with Crippen LogP contribution in [-0.2, 0) is 0 Å². The second kappa shape index (κ2) is 11.7. The number of aliphatic hydroxyl groups is 1. The van der Waals surface area contributed by atoms with Crippen molar-refractivity contribution in [3.8, 4) is 0 Å². The highest BCUT2D eigenvalue weighted by Gasteiger charge is 2.31. The number of hydrogen-bond donors (Lipinski definition) is 3. The van der Waals surface area contributed by atoms with Crippen molar-refractivity contribution in [3.05, 3.63) is 89.6 Å². The minimum atomic E-state index is -0.633. The third-order valence-corrected chi connectivity index (χ3v) is 7.89. The van der Waals surface area contributed by atoms with E-state index in [0.717, 1.165) is 53.4 Å². The van der Waals surface area contributed by atoms with Crippen LogP contribution in [0, 0.1) is 12.7 Å². The van der Waals surface area contributed by atoms with E-state index in [1.54, 1.807) is 23.4 Å². The Morgan fingerprint density at radius 1 is 1.12 bits per heavy atom. The number of pyridine rings is 1. The van der Waals surface area contributed by atoms with Gasteiger partial charge in [-0.25, -0.2) is 19.3 Å². The van der Waals surface area contributed by atoms with Crippen LogP contribution in [0.4, 0.5) is 21.8 Å². The van der Waals surface area contributed by atoms with Crippen LogP contribution in [0.3, 0.4) is 0 Å². The van der Waals surface area contributed by atoms with Crippen LogP contribution in [-0.4, -0.2) is 51.2 Å². The standard InChI is InChI=1S/C32H33FN6O2/c1-20-4-2-5-22-13-16-35-30(29(20)22)39(24-6-3-15-34-19-24)31(41)26-12-9-23(18-27(26)33)37-32-36-17-14-28(38-32)21-7-10-25(40)11-8-21/h2,4-5,7,9,12-14,16-18,24-25,34,40H,3,6,8,10-11,15,19H2,1H3,(H,36,37,38)/t24-,25?/m1/s1. The van der Waals surface area contributed by atoms with Crippen molar-refractivity contribution in [3.63, 3.8) is 0 Å². The van der Waals surface area contributed by atoms with E-state index in [-0.39, 0.29) is 17.7 Å². The fourth-order valence-corrected chi connectivity index (χ4v) is 5.73. The molecule has 4 aromatic rings. The molecule has 1 aliphatic heterocycles. The second-order valence-electron chi connectivity index (χ2n) is 10.7. The summed E-state index contributed by atoms with van der Waals surface area (Å²) in [6.45, 7) is 3.50. The zero-order valence-corrected chi connectivity index (χ0v) is 23.0. The molecule has 8 nitrogen and oxygen atoms in total. The molecule has 1 saturated heterocycles. The lowest BCUT2D eigenvalue weighted by Crippen LogP contribution is -2.49. The summed E-state index contributed by atoms with van der Waals surface area (Å²) in [6.07, 6.45) is 8.80. The molecule has 3 N–H and O–H groups in total. The summed E-state index contributed by atoms with van der Waals surface area (Å²) in [5.41, 5.74) is 3.26. The average molecular weight is 553 g/mol. The number of allylic oxidation sites excluding steroid dienone is 1. The van der Waals surface area contributed by atoms with Crippen LogP contribution in [0.2, 0.25) is 0 Å². The molecular weight excluding hydrogens is 519 g/mol. The van der Waals surface area contributed by atoms with Crippen molar-refractivity contribution < 1.29 is 14.3 Å². The average Bonchev–Trinajstić information content (AvgIpc) is 2.98. The number of halogens is 1. The summed E-state index contributed by atoms with van der Waals surface area (Å²) in [6, 6.07) is 14.1. The number of anilines is 3. The van der Waals surface area contributed by atoms with Gasteiger partial charge in [0.1, 0.15) is 11.6 Å². The minimum Gasteiger partial charge on any atom is -0.393 e. The quantitative estimate of drug-likeness (QED) is 0.288. The van der Waals surface area contributed by atoms with Crippen molar-refractivity contribution in [2.24, 2.45) is 0 Å². The van der Waals surface area contributed by atoms with E-state index in [1.165, 1.54) is 12.1 Å². The molecule has 1 fully saturated rings. The molecule has 2 atom stereocenters. The Balaban J connectivity index is 1.30. The summed E-state index contributed by atoms with van der Waals surface area (Å²) in [5.74, 6) is -0.171. The van der Waals surface area contributed by atoms with Crippen LogP contribution in [0.25, 0.3) is 16.3 Å². The number of carbonyl (C=O) groups is 1. The smallest absolute Gasteiger partial charge is 0.262 e. The first-order chi connectivity index (χ1) is 20.0. The molecule has 41 heavy (non-hydrogen) atoms. The zero-order valence-electron chi connectivity index (χ0n) is 23.0. The number of carbonyl (C=O) groups excluding carboxylic acids is 1. The van der Waals surface area contributed by atoms with Gasteiger partial charge in [0.05, 0.1) is 23.4 Å². The highest BCUT2D eigenvalue weighted by molar-refractivity contribution is 6.11. The van der Waals surface area contributed by atoms with E-state index in [2.05, 4.69) is 25.6 Å². The van der Waals surface area contributed by atoms with Crippen molar-refractivity contribution in [1.82, 2.24) is 20.3 Å². The normalized spacial score (nSPS) is 19.0. The largest absolute Gasteiger partial charge is 0.393 e. The van der Waals surface area contributed by atoms with Gasteiger partial charge in [-0.3, -0.25) is 9.69 Å². The summed E-state index contributed by atoms with van der Waals surface area (Å²) in [4.78, 5) is 29.3. The van der Waals surface area contributed by atoms with Crippen molar-refractivity contribution in [2.75, 3.05) is 23.3 Å². The molecule has 2 aromatic carbocycles. The number of aliphatic hydroxyl groups excluding tert-OH is 1. The lowest BCUT2D eigenvalue weighted by atomic mass is 9.95. The van der Waals surface area contributed by atoms with E-state index in [1.807, 2.05) is 43.3 Å². The molecule has 0 saturated carbocycles. The molecule has 0 radical (unpaired) electrons. The SMILES string of the molecule is Cc1cccc2ccnc(N(C(=O)c3ccc(Nc4nccc(C5=CCC(O)CC5)n4)cc3F)[C@@H]3CCCNC3)c12. The van der Waals surface area contributed by atoms with Crippen LogP contribution >= 0.6 is 0 Å². The van der Waals surface area contributed by atoms with Gasteiger partial charge in [-0.2, -0.15) is 0 Å². The molecule has 0 bridgehead atoms. The van der Waals surface area contributed by atoms with E-state index in [0.29, 0.717) is 36.8 Å². The number of nitrogens with zero attached hydrogens (tertiary/aromatic N) is 4. The zero-order chi connectivity index (χ0) is 28.3. The Labute approximate surface area is 238 Å². The molecule has 2 aromatic heterocycles. The Kier molecular flexibility index (Phi) is 7.71. The first-order valence-corrected chi connectivity index (χ1v) is 14.1. The van der Waals surface area contributed by atoms with Gasteiger partial charge in [-0.15, -0.1) is 0 Å². The van der Waals surface area contributed by atoms with Crippen LogP contribution in [0.1, 0.15) is 53.7 Å². The van der Waals surface area contributed by atoms with E-state index in [4.69, 9.17) is 0 Å². The Hall–Kier alpha value is -4.21. The molecule has 1 unspecified atom stereocenters. The second-order valence-corrected chi connectivity index (χ2v) is 10.7. The predicted octanol–water partition coefficient (Wildman–Crippen LogP) is 5.54. The Morgan fingerprint density at radius 3 is 2.78 bits per heavy atom. The number of aromatic nitrogens is 3. The van der Waals surface area contributed by atoms with Crippen LogP contribution < -0.4 is 15.5 Å². The number of benzene rings is 2. The lowest BCUT2D eigenvalue weighted by molar-refractivity contribution is 0.0968. The molecule has 2 aliphatic rings. The summed E-state index contributed by atoms with van der Waals surface area (Å²) in [5, 5.41) is 18.1. The van der Waals surface area contributed by atoms with Crippen molar-refractivity contribution >= 4 is 39.7 Å². The number of nitrogens with one attached hydrogen (secondary N) is 2. The lowest BCUT2D eigenvalue weighted by Gasteiger charge is -2.35. The molecule has 3 heterocycles. The monoisotopic (exact) mass is 552 g/mol. The maximum atomic E-state index is 15.6. The molecule has 1 amide bonds. The third kappa shape index (κ3) is 5.68. The summed E-state index contributed by atoms with van der Waals surface area (Å²) < 4.78 is 15.6. The fourth-order valence-electron chi connectivity index (χ4n) is 5.73. The fraction of sp³-hybridized carbons (Fsp3) is 0.312. The Morgan fingerprint density at radius 2 is 2.00 bits per heavy atom. The van der Waals surface area contributed by atoms with Gasteiger partial charge in [0.15, 0.2) is 0 Å². The molecule has 9 heteroatoms. The van der Waals surface area contributed by atoms with Crippen LogP contribution in [0.5, 0.6) is 0 Å². The molecule has 1 aliphatic carbocycles. The molecule has 210 valence electrons. The summed E-state index contributed by atoms with van der Waals surface area (Å²) in [7, 11) is 0. The summed E-state index contributed by atoms with van der Waals surface area (Å²) >= 11 is 0. The van der Waals surface area contributed by atoms with E-state index >= 15 is 4.39 Å². The topological polar surface area (TPSA) is 103 Å². The molecular formula is C32H33FN6O2. The highest BCUT2D eigenvalue weighted by atomic mass is 19.1. The number of fused-ring (bicyclic) bond motifs is 1. The van der Waals surface area contributed by atoms with Gasteiger partial charge >= 0.3 is 0 Å². The van der Waals surface area contributed by atoms with Gasteiger partial charge in [0.25, 0.3) is 5.91 Å². The van der Waals surface area contributed by atoms with Gasteiger partial charge in [-0.05, 0) is 92.4 Å². The maximum Gasteiger partial charge on any atom is 0.262 e. The molecule has 0 spiro atoms. The first kappa shape index (κ1) is 27.0. The number of rotatable bonds is 6. The molecule has 6 rings (SSSR count). The van der Waals surface area contributed by atoms with Gasteiger partial charge in [0.2, 0.25) is 5.95 Å². The first-order valence-electron chi connectivity index (χ1n) is 14.1. The number of amides is 1. The number of aryl methyl sites for hydroxylation is 1. The van der Waals surface area contributed by atoms with E-state index in [9.17, 15) is 9.90 Å². The predicted molar refractivity (Wildman–Crippen MR) is 159 cm³/mol. The van der Waals surface area contributed by atoms with E-state index < -0.39 is 11.7 Å². The minimum absolute atomic E-state index is 0.0194. The van der Waals surface area contributed by atoms with Crippen molar-refractivity contribution in [2.45, 2.75) is 51.2 Å². The number of piperidine rings is 1. The Bertz CT molecular complexity index is 1610.